The number of carboxylic acids is 1. The van der Waals surface area contributed by atoms with E-state index < -0.39 is 11.4 Å². The normalized spacial score (nSPS) is 31.4. The number of hydrogen-bond acceptors (Lipinski definition) is 2. The van der Waals surface area contributed by atoms with Crippen LogP contribution < -0.4 is 5.73 Å². The first kappa shape index (κ1) is 10.2. The van der Waals surface area contributed by atoms with Crippen LogP contribution in [0.25, 0.3) is 0 Å². The van der Waals surface area contributed by atoms with Gasteiger partial charge in [-0.25, -0.2) is 0 Å². The summed E-state index contributed by atoms with van der Waals surface area (Å²) < 4.78 is 0. The summed E-state index contributed by atoms with van der Waals surface area (Å²) in [6.45, 7) is 0. The Balaban J connectivity index is 2.30. The quantitative estimate of drug-likeness (QED) is 0.684. The Morgan fingerprint density at radius 3 is 2.67 bits per heavy atom. The Kier molecular flexibility index (Phi) is 2.52. The smallest absolute Gasteiger partial charge is 0.314 e. The number of aliphatic carboxylic acids is 1. The Morgan fingerprint density at radius 2 is 2.20 bits per heavy atom. The summed E-state index contributed by atoms with van der Waals surface area (Å²) >= 11 is 0. The van der Waals surface area contributed by atoms with E-state index in [9.17, 15) is 9.90 Å². The number of carbonyl (C=O) groups is 1. The Hall–Kier alpha value is -1.29. The topological polar surface area (TPSA) is 79.1 Å². The lowest BCUT2D eigenvalue weighted by atomic mass is 9.69. The zero-order valence-electron chi connectivity index (χ0n) is 8.57. The number of H-pyrrole nitrogens is 1. The predicted octanol–water partition coefficient (Wildman–Crippen LogP) is 1.24. The fourth-order valence-corrected chi connectivity index (χ4v) is 2.38. The Morgan fingerprint density at radius 1 is 1.53 bits per heavy atom. The third-order valence-corrected chi connectivity index (χ3v) is 3.44. The van der Waals surface area contributed by atoms with Crippen LogP contribution in [0.15, 0.2) is 18.5 Å². The van der Waals surface area contributed by atoms with Crippen LogP contribution in [0.5, 0.6) is 0 Å². The van der Waals surface area contributed by atoms with Gasteiger partial charge in [0.15, 0.2) is 0 Å². The van der Waals surface area contributed by atoms with Crippen LogP contribution >= 0.6 is 0 Å². The van der Waals surface area contributed by atoms with Crippen molar-refractivity contribution in [2.75, 3.05) is 0 Å². The van der Waals surface area contributed by atoms with Crippen LogP contribution in [0.2, 0.25) is 0 Å². The van der Waals surface area contributed by atoms with E-state index in [0.29, 0.717) is 12.8 Å². The molecule has 1 saturated carbocycles. The average molecular weight is 208 g/mol. The lowest BCUT2D eigenvalue weighted by molar-refractivity contribution is -0.145. The molecule has 1 aliphatic rings. The molecule has 1 fully saturated rings. The molecule has 0 aromatic carbocycles. The van der Waals surface area contributed by atoms with Crippen LogP contribution in [-0.2, 0) is 10.2 Å². The number of carboxylic acid groups (broad SMARTS) is 1. The van der Waals surface area contributed by atoms with Gasteiger partial charge in [-0.2, -0.15) is 0 Å². The molecule has 0 unspecified atom stereocenters. The van der Waals surface area contributed by atoms with Crippen molar-refractivity contribution >= 4 is 5.97 Å². The van der Waals surface area contributed by atoms with Crippen molar-refractivity contribution in [1.82, 2.24) is 4.98 Å². The van der Waals surface area contributed by atoms with Gasteiger partial charge < -0.3 is 15.8 Å². The second kappa shape index (κ2) is 3.70. The summed E-state index contributed by atoms with van der Waals surface area (Å²) in [6.07, 6.45) is 6.41. The highest BCUT2D eigenvalue weighted by molar-refractivity contribution is 5.81. The van der Waals surface area contributed by atoms with Gasteiger partial charge >= 0.3 is 5.97 Å². The van der Waals surface area contributed by atoms with Crippen LogP contribution in [0.3, 0.4) is 0 Å². The van der Waals surface area contributed by atoms with Crippen molar-refractivity contribution in [3.63, 3.8) is 0 Å². The van der Waals surface area contributed by atoms with Crippen molar-refractivity contribution in [3.8, 4) is 0 Å². The van der Waals surface area contributed by atoms with Gasteiger partial charge in [-0.1, -0.05) is 0 Å². The van der Waals surface area contributed by atoms with Gasteiger partial charge in [0, 0.05) is 18.4 Å². The minimum absolute atomic E-state index is 0.163. The maximum absolute atomic E-state index is 11.4. The number of aromatic nitrogens is 1. The van der Waals surface area contributed by atoms with Crippen molar-refractivity contribution < 1.29 is 9.90 Å². The number of nitrogens with two attached hydrogens (primary N) is 1. The summed E-state index contributed by atoms with van der Waals surface area (Å²) in [5.41, 5.74) is 5.97. The molecule has 2 rings (SSSR count). The minimum Gasteiger partial charge on any atom is -0.481 e. The van der Waals surface area contributed by atoms with Crippen LogP contribution in [0, 0.1) is 0 Å². The predicted molar refractivity (Wildman–Crippen MR) is 56.5 cm³/mol. The standard InChI is InChI=1S/C11H16N2O2/c12-9-1-4-11(5-2-9,10(14)15)8-3-6-13-7-8/h3,6-7,9,13H,1-2,4-5,12H2,(H,14,15). The molecule has 4 heteroatoms. The highest BCUT2D eigenvalue weighted by Gasteiger charge is 2.43. The average Bonchev–Trinajstić information content (AvgIpc) is 2.72. The zero-order valence-corrected chi connectivity index (χ0v) is 8.57. The summed E-state index contributed by atoms with van der Waals surface area (Å²) in [5.74, 6) is -0.728. The highest BCUT2D eigenvalue weighted by Crippen LogP contribution is 2.39. The third kappa shape index (κ3) is 1.65. The van der Waals surface area contributed by atoms with Crippen molar-refractivity contribution in [2.45, 2.75) is 37.1 Å². The fourth-order valence-electron chi connectivity index (χ4n) is 2.38. The van der Waals surface area contributed by atoms with E-state index in [0.717, 1.165) is 18.4 Å². The Labute approximate surface area is 88.5 Å². The maximum Gasteiger partial charge on any atom is 0.314 e. The van der Waals surface area contributed by atoms with Crippen molar-refractivity contribution in [1.29, 1.82) is 0 Å². The monoisotopic (exact) mass is 208 g/mol. The highest BCUT2D eigenvalue weighted by atomic mass is 16.4. The number of nitrogens with one attached hydrogen (secondary N) is 1. The van der Waals surface area contributed by atoms with Crippen molar-refractivity contribution in [2.24, 2.45) is 5.73 Å². The molecule has 4 nitrogen and oxygen atoms in total. The molecule has 1 aromatic rings. The van der Waals surface area contributed by atoms with Crippen molar-refractivity contribution in [3.05, 3.63) is 24.0 Å². The summed E-state index contributed by atoms with van der Waals surface area (Å²) in [6, 6.07) is 2.02. The molecule has 82 valence electrons. The molecule has 1 aromatic heterocycles. The molecule has 0 aliphatic heterocycles. The number of rotatable bonds is 2. The zero-order chi connectivity index (χ0) is 10.9. The van der Waals surface area contributed by atoms with E-state index in [1.54, 1.807) is 12.4 Å². The van der Waals surface area contributed by atoms with Crippen LogP contribution in [-0.4, -0.2) is 22.1 Å². The minimum atomic E-state index is -0.728. The largest absolute Gasteiger partial charge is 0.481 e. The molecule has 15 heavy (non-hydrogen) atoms. The molecule has 0 radical (unpaired) electrons. The second-order valence-corrected chi connectivity index (χ2v) is 4.32. The molecule has 0 spiro atoms. The van der Waals surface area contributed by atoms with Gasteiger partial charge in [-0.3, -0.25) is 4.79 Å². The lowest BCUT2D eigenvalue weighted by Gasteiger charge is -2.35. The first-order valence-electron chi connectivity index (χ1n) is 5.27. The van der Waals surface area contributed by atoms with E-state index in [4.69, 9.17) is 5.73 Å². The van der Waals surface area contributed by atoms with Gasteiger partial charge in [0.05, 0.1) is 5.41 Å². The molecule has 0 amide bonds. The van der Waals surface area contributed by atoms with Gasteiger partial charge in [-0.05, 0) is 37.3 Å². The molecular weight excluding hydrogens is 192 g/mol. The van der Waals surface area contributed by atoms with Crippen LogP contribution in [0.1, 0.15) is 31.2 Å². The van der Waals surface area contributed by atoms with E-state index >= 15 is 0 Å². The first-order valence-corrected chi connectivity index (χ1v) is 5.27. The second-order valence-electron chi connectivity index (χ2n) is 4.32. The summed E-state index contributed by atoms with van der Waals surface area (Å²) in [7, 11) is 0. The lowest BCUT2D eigenvalue weighted by Crippen LogP contribution is -2.42. The number of aromatic amines is 1. The van der Waals surface area contributed by atoms with E-state index in [2.05, 4.69) is 4.98 Å². The summed E-state index contributed by atoms with van der Waals surface area (Å²) in [4.78, 5) is 14.3. The number of hydrogen-bond donors (Lipinski definition) is 3. The van der Waals surface area contributed by atoms with Gasteiger partial charge in [0.25, 0.3) is 0 Å². The molecule has 0 bridgehead atoms. The van der Waals surface area contributed by atoms with Gasteiger partial charge in [0.2, 0.25) is 0 Å². The molecule has 0 atom stereocenters. The fraction of sp³-hybridized carbons (Fsp3) is 0.545. The van der Waals surface area contributed by atoms with E-state index in [1.165, 1.54) is 0 Å². The van der Waals surface area contributed by atoms with Crippen LogP contribution in [0.4, 0.5) is 0 Å². The molecule has 0 saturated heterocycles. The molecule has 4 N–H and O–H groups in total. The molecule has 1 aliphatic carbocycles. The van der Waals surface area contributed by atoms with Gasteiger partial charge in [-0.15, -0.1) is 0 Å². The van der Waals surface area contributed by atoms with E-state index in [1.807, 2.05) is 6.07 Å². The maximum atomic E-state index is 11.4. The molecule has 1 heterocycles. The molecular formula is C11H16N2O2. The van der Waals surface area contributed by atoms with Gasteiger partial charge in [0.1, 0.15) is 0 Å². The first-order chi connectivity index (χ1) is 7.15. The van der Waals surface area contributed by atoms with E-state index in [-0.39, 0.29) is 6.04 Å². The summed E-state index contributed by atoms with van der Waals surface area (Å²) in [5, 5.41) is 9.39. The third-order valence-electron chi connectivity index (χ3n) is 3.44. The SMILES string of the molecule is NC1CCC(C(=O)O)(c2cc[nH]c2)CC1. The Bertz CT molecular complexity index is 337.